The van der Waals surface area contributed by atoms with Crippen molar-refractivity contribution in [2.24, 2.45) is 0 Å². The summed E-state index contributed by atoms with van der Waals surface area (Å²) >= 11 is 0. The molecule has 5 N–H and O–H groups in total. The van der Waals surface area contributed by atoms with Crippen molar-refractivity contribution in [3.8, 4) is 23.1 Å². The highest BCUT2D eigenvalue weighted by molar-refractivity contribution is 5.73. The Morgan fingerprint density at radius 3 is 2.65 bits per heavy atom. The predicted octanol–water partition coefficient (Wildman–Crippen LogP) is 0.885. The van der Waals surface area contributed by atoms with Crippen molar-refractivity contribution in [2.75, 3.05) is 11.5 Å². The number of phenols is 1. The molecule has 0 aliphatic rings. The van der Waals surface area contributed by atoms with Crippen LogP contribution in [0.15, 0.2) is 24.3 Å². The lowest BCUT2D eigenvalue weighted by Gasteiger charge is -2.06. The van der Waals surface area contributed by atoms with Crippen LogP contribution in [0.4, 0.5) is 11.8 Å². The molecule has 0 aliphatic carbocycles. The molecule has 0 unspecified atom stereocenters. The second-order valence-corrected chi connectivity index (χ2v) is 3.35. The molecular weight excluding hydrogens is 218 g/mol. The summed E-state index contributed by atoms with van der Waals surface area (Å²) in [6.45, 7) is 0. The minimum absolute atomic E-state index is 0.0140. The molecule has 2 rings (SSSR count). The quantitative estimate of drug-likeness (QED) is 0.664. The summed E-state index contributed by atoms with van der Waals surface area (Å²) in [6, 6.07) is 8.25. The molecule has 0 spiro atoms. The van der Waals surface area contributed by atoms with Gasteiger partial charge in [-0.3, -0.25) is 0 Å². The number of benzene rings is 1. The lowest BCUT2D eigenvalue weighted by atomic mass is 10.1. The van der Waals surface area contributed by atoms with Crippen molar-refractivity contribution in [1.82, 2.24) is 9.97 Å². The van der Waals surface area contributed by atoms with Crippen molar-refractivity contribution in [1.29, 1.82) is 5.26 Å². The van der Waals surface area contributed by atoms with Gasteiger partial charge < -0.3 is 16.6 Å². The van der Waals surface area contributed by atoms with E-state index in [9.17, 15) is 5.11 Å². The second-order valence-electron chi connectivity index (χ2n) is 3.35. The molecule has 0 bridgehead atoms. The van der Waals surface area contributed by atoms with Crippen LogP contribution >= 0.6 is 0 Å². The predicted molar refractivity (Wildman–Crippen MR) is 62.7 cm³/mol. The summed E-state index contributed by atoms with van der Waals surface area (Å²) < 4.78 is 0. The second kappa shape index (κ2) is 3.98. The normalized spacial score (nSPS) is 9.82. The third kappa shape index (κ3) is 1.94. The maximum Gasteiger partial charge on any atom is 0.222 e. The molecule has 6 heteroatoms. The third-order valence-corrected chi connectivity index (χ3v) is 2.19. The van der Waals surface area contributed by atoms with Crippen molar-refractivity contribution in [3.63, 3.8) is 0 Å². The van der Waals surface area contributed by atoms with Gasteiger partial charge in [-0.05, 0) is 12.1 Å². The molecule has 1 aromatic carbocycles. The molecule has 0 saturated carbocycles. The summed E-state index contributed by atoms with van der Waals surface area (Å²) in [5.41, 5.74) is 12.1. The average molecular weight is 227 g/mol. The first-order chi connectivity index (χ1) is 8.11. The fourth-order valence-corrected chi connectivity index (χ4v) is 1.47. The molecule has 1 heterocycles. The van der Waals surface area contributed by atoms with Gasteiger partial charge in [0.05, 0.1) is 5.69 Å². The largest absolute Gasteiger partial charge is 0.508 e. The number of aromatic hydroxyl groups is 1. The molecule has 0 amide bonds. The van der Waals surface area contributed by atoms with Gasteiger partial charge in [0, 0.05) is 5.56 Å². The van der Waals surface area contributed by atoms with Gasteiger partial charge >= 0.3 is 0 Å². The van der Waals surface area contributed by atoms with Gasteiger partial charge in [-0.1, -0.05) is 12.1 Å². The zero-order chi connectivity index (χ0) is 12.4. The molecule has 0 saturated heterocycles. The van der Waals surface area contributed by atoms with Crippen LogP contribution in [0.5, 0.6) is 5.75 Å². The Hall–Kier alpha value is -2.81. The highest BCUT2D eigenvalue weighted by Crippen LogP contribution is 2.27. The minimum atomic E-state index is -0.0140. The van der Waals surface area contributed by atoms with Crippen LogP contribution in [-0.4, -0.2) is 15.1 Å². The minimum Gasteiger partial charge on any atom is -0.508 e. The van der Waals surface area contributed by atoms with E-state index in [1.807, 2.05) is 6.07 Å². The number of rotatable bonds is 1. The topological polar surface area (TPSA) is 122 Å². The Morgan fingerprint density at radius 2 is 2.00 bits per heavy atom. The maximum absolute atomic E-state index is 9.39. The van der Waals surface area contributed by atoms with E-state index in [-0.39, 0.29) is 23.1 Å². The molecule has 0 aliphatic heterocycles. The van der Waals surface area contributed by atoms with E-state index in [2.05, 4.69) is 9.97 Å². The molecule has 0 fully saturated rings. The number of hydrogen-bond donors (Lipinski definition) is 3. The number of anilines is 2. The van der Waals surface area contributed by atoms with E-state index in [1.165, 1.54) is 12.1 Å². The Morgan fingerprint density at radius 1 is 1.24 bits per heavy atom. The molecule has 1 aromatic heterocycles. The molecule has 6 nitrogen and oxygen atoms in total. The van der Waals surface area contributed by atoms with Crippen molar-refractivity contribution in [2.45, 2.75) is 0 Å². The average Bonchev–Trinajstić information content (AvgIpc) is 2.28. The number of hydrogen-bond acceptors (Lipinski definition) is 6. The van der Waals surface area contributed by atoms with Gasteiger partial charge in [0.15, 0.2) is 0 Å². The molecule has 2 aromatic rings. The first kappa shape index (κ1) is 10.7. The van der Waals surface area contributed by atoms with E-state index in [0.29, 0.717) is 11.3 Å². The molecule has 0 radical (unpaired) electrons. The van der Waals surface area contributed by atoms with Crippen LogP contribution in [0.3, 0.4) is 0 Å². The lowest BCUT2D eigenvalue weighted by Crippen LogP contribution is -2.04. The van der Waals surface area contributed by atoms with Crippen LogP contribution in [0, 0.1) is 11.3 Å². The first-order valence-electron chi connectivity index (χ1n) is 4.74. The van der Waals surface area contributed by atoms with Crippen LogP contribution in [0.1, 0.15) is 5.56 Å². The lowest BCUT2D eigenvalue weighted by molar-refractivity contribution is 0.475. The van der Waals surface area contributed by atoms with Gasteiger partial charge in [0.25, 0.3) is 0 Å². The number of nitrogens with zero attached hydrogens (tertiary/aromatic N) is 3. The van der Waals surface area contributed by atoms with Gasteiger partial charge in [-0.15, -0.1) is 0 Å². The Labute approximate surface area is 97.2 Å². The Balaban J connectivity index is 2.71. The number of nitrogen functional groups attached to an aromatic ring is 2. The van der Waals surface area contributed by atoms with E-state index in [4.69, 9.17) is 16.7 Å². The van der Waals surface area contributed by atoms with E-state index in [1.54, 1.807) is 12.1 Å². The zero-order valence-corrected chi connectivity index (χ0v) is 8.75. The van der Waals surface area contributed by atoms with E-state index >= 15 is 0 Å². The summed E-state index contributed by atoms with van der Waals surface area (Å²) in [4.78, 5) is 7.68. The van der Waals surface area contributed by atoms with Crippen molar-refractivity contribution < 1.29 is 5.11 Å². The molecule has 0 atom stereocenters. The smallest absolute Gasteiger partial charge is 0.222 e. The number of phenolic OH excluding ortho intramolecular Hbond substituents is 1. The maximum atomic E-state index is 9.39. The summed E-state index contributed by atoms with van der Waals surface area (Å²) in [7, 11) is 0. The van der Waals surface area contributed by atoms with Gasteiger partial charge in [-0.2, -0.15) is 10.2 Å². The fraction of sp³-hybridized carbons (Fsp3) is 0. The Kier molecular flexibility index (Phi) is 2.51. The summed E-state index contributed by atoms with van der Waals surface area (Å²) in [5, 5.41) is 18.4. The molecule has 17 heavy (non-hydrogen) atoms. The van der Waals surface area contributed by atoms with Crippen LogP contribution in [0.25, 0.3) is 11.3 Å². The monoisotopic (exact) mass is 227 g/mol. The zero-order valence-electron chi connectivity index (χ0n) is 8.75. The van der Waals surface area contributed by atoms with Crippen molar-refractivity contribution >= 4 is 11.8 Å². The SMILES string of the molecule is N#Cc1c(N)nc(N)nc1-c1cccc(O)c1. The Bertz CT molecular complexity index is 618. The summed E-state index contributed by atoms with van der Waals surface area (Å²) in [6.07, 6.45) is 0. The highest BCUT2D eigenvalue weighted by Gasteiger charge is 2.13. The number of aromatic nitrogens is 2. The molecular formula is C11H9N5O. The van der Waals surface area contributed by atoms with Gasteiger partial charge in [0.1, 0.15) is 23.2 Å². The van der Waals surface area contributed by atoms with Crippen LogP contribution < -0.4 is 11.5 Å². The highest BCUT2D eigenvalue weighted by atomic mass is 16.3. The summed E-state index contributed by atoms with van der Waals surface area (Å²) in [5.74, 6) is 0.0836. The third-order valence-electron chi connectivity index (χ3n) is 2.19. The van der Waals surface area contributed by atoms with Gasteiger partial charge in [0.2, 0.25) is 5.95 Å². The van der Waals surface area contributed by atoms with Gasteiger partial charge in [-0.25, -0.2) is 4.98 Å². The first-order valence-corrected chi connectivity index (χ1v) is 4.74. The molecule has 84 valence electrons. The van der Waals surface area contributed by atoms with Crippen LogP contribution in [-0.2, 0) is 0 Å². The standard InChI is InChI=1S/C11H9N5O/c12-5-8-9(15-11(14)16-10(8)13)6-2-1-3-7(17)4-6/h1-4,17H,(H4,13,14,15,16). The van der Waals surface area contributed by atoms with Crippen LogP contribution in [0.2, 0.25) is 0 Å². The van der Waals surface area contributed by atoms with E-state index in [0.717, 1.165) is 0 Å². The van der Waals surface area contributed by atoms with Crippen molar-refractivity contribution in [3.05, 3.63) is 29.8 Å². The fourth-order valence-electron chi connectivity index (χ4n) is 1.47. The number of nitriles is 1. The number of nitrogens with two attached hydrogens (primary N) is 2. The van der Waals surface area contributed by atoms with E-state index < -0.39 is 0 Å².